The van der Waals surface area contributed by atoms with Crippen molar-refractivity contribution in [2.45, 2.75) is 37.3 Å². The van der Waals surface area contributed by atoms with Crippen LogP contribution in [0.25, 0.3) is 0 Å². The number of H-pyrrole nitrogens is 1. The maximum absolute atomic E-state index is 12.4. The molecule has 0 spiro atoms. The predicted molar refractivity (Wildman–Crippen MR) is 90.3 cm³/mol. The van der Waals surface area contributed by atoms with Crippen LogP contribution in [0.2, 0.25) is 0 Å². The number of hydrogen-bond donors (Lipinski definition) is 1. The summed E-state index contributed by atoms with van der Waals surface area (Å²) in [5.74, 6) is 0.770. The zero-order valence-electron chi connectivity index (χ0n) is 14.3. The fraction of sp³-hybridized carbons (Fsp3) is 0.533. The number of sulfonamides is 1. The second kappa shape index (κ2) is 5.82. The van der Waals surface area contributed by atoms with Crippen molar-refractivity contribution in [3.8, 4) is 0 Å². The first kappa shape index (κ1) is 16.8. The van der Waals surface area contributed by atoms with Gasteiger partial charge in [0, 0.05) is 25.6 Å². The fourth-order valence-corrected chi connectivity index (χ4v) is 3.73. The molecule has 0 unspecified atom stereocenters. The highest BCUT2D eigenvalue weighted by molar-refractivity contribution is 7.89. The molecule has 2 aromatic heterocycles. The van der Waals surface area contributed by atoms with E-state index in [2.05, 4.69) is 40.9 Å². The molecule has 1 saturated heterocycles. The Morgan fingerprint density at radius 2 is 1.96 bits per heavy atom. The van der Waals surface area contributed by atoms with Crippen LogP contribution in [0.3, 0.4) is 0 Å². The molecule has 1 aliphatic heterocycles. The first-order valence-electron chi connectivity index (χ1n) is 7.75. The first-order valence-corrected chi connectivity index (χ1v) is 9.19. The van der Waals surface area contributed by atoms with Gasteiger partial charge in [-0.2, -0.15) is 9.40 Å². The standard InChI is InChI=1S/C15H22N6O2S/c1-15(2,3)12-5-6-13(19-18-12)21-8-11(9-21)20(4)24(22,23)14-7-16-10-17-14/h5-7,10-11H,8-9H2,1-4H3,(H,16,17). The average Bonchev–Trinajstić information content (AvgIpc) is 3.00. The Bertz CT molecular complexity index is 789. The van der Waals surface area contributed by atoms with E-state index in [4.69, 9.17) is 0 Å². The highest BCUT2D eigenvalue weighted by atomic mass is 32.2. The van der Waals surface area contributed by atoms with E-state index in [0.29, 0.717) is 13.1 Å². The zero-order chi connectivity index (χ0) is 17.5. The van der Waals surface area contributed by atoms with Crippen molar-refractivity contribution in [2.75, 3.05) is 25.0 Å². The molecule has 0 aromatic carbocycles. The molecule has 1 fully saturated rings. The summed E-state index contributed by atoms with van der Waals surface area (Å²) in [4.78, 5) is 8.44. The highest BCUT2D eigenvalue weighted by Crippen LogP contribution is 2.26. The van der Waals surface area contributed by atoms with Crippen LogP contribution in [-0.2, 0) is 15.4 Å². The zero-order valence-corrected chi connectivity index (χ0v) is 15.1. The lowest BCUT2D eigenvalue weighted by Crippen LogP contribution is -2.60. The molecule has 130 valence electrons. The number of likely N-dealkylation sites (N-methyl/N-ethyl adjacent to an activating group) is 1. The van der Waals surface area contributed by atoms with Crippen molar-refractivity contribution < 1.29 is 8.42 Å². The van der Waals surface area contributed by atoms with Gasteiger partial charge in [0.1, 0.15) is 0 Å². The predicted octanol–water partition coefficient (Wildman–Crippen LogP) is 1.01. The Morgan fingerprint density at radius 3 is 2.46 bits per heavy atom. The van der Waals surface area contributed by atoms with Gasteiger partial charge < -0.3 is 9.88 Å². The van der Waals surface area contributed by atoms with E-state index in [-0.39, 0.29) is 16.5 Å². The molecule has 0 amide bonds. The lowest BCUT2D eigenvalue weighted by atomic mass is 9.92. The molecule has 1 N–H and O–H groups in total. The van der Waals surface area contributed by atoms with E-state index in [1.807, 2.05) is 17.0 Å². The molecular formula is C15H22N6O2S. The number of aromatic amines is 1. The molecule has 0 radical (unpaired) electrons. The Hall–Kier alpha value is -2.00. The molecule has 1 aliphatic rings. The summed E-state index contributed by atoms with van der Waals surface area (Å²) in [5, 5.41) is 8.65. The molecular weight excluding hydrogens is 328 g/mol. The first-order chi connectivity index (χ1) is 11.2. The minimum absolute atomic E-state index is 0.0403. The van der Waals surface area contributed by atoms with Gasteiger partial charge in [0.15, 0.2) is 10.8 Å². The molecule has 24 heavy (non-hydrogen) atoms. The van der Waals surface area contributed by atoms with Gasteiger partial charge in [-0.3, -0.25) is 0 Å². The van der Waals surface area contributed by atoms with Gasteiger partial charge in [-0.05, 0) is 12.1 Å². The molecule has 0 atom stereocenters. The topological polar surface area (TPSA) is 95.1 Å². The number of imidazole rings is 1. The maximum Gasteiger partial charge on any atom is 0.260 e. The van der Waals surface area contributed by atoms with E-state index in [9.17, 15) is 8.42 Å². The van der Waals surface area contributed by atoms with E-state index < -0.39 is 10.0 Å². The van der Waals surface area contributed by atoms with Crippen LogP contribution in [0, 0.1) is 0 Å². The number of aromatic nitrogens is 4. The summed E-state index contributed by atoms with van der Waals surface area (Å²) >= 11 is 0. The third-order valence-electron chi connectivity index (χ3n) is 4.25. The van der Waals surface area contributed by atoms with Crippen LogP contribution in [0.5, 0.6) is 0 Å². The molecule has 3 rings (SSSR count). The summed E-state index contributed by atoms with van der Waals surface area (Å²) in [7, 11) is -1.95. The van der Waals surface area contributed by atoms with E-state index in [1.165, 1.54) is 16.8 Å². The Morgan fingerprint density at radius 1 is 1.25 bits per heavy atom. The van der Waals surface area contributed by atoms with Crippen molar-refractivity contribution >= 4 is 15.8 Å². The number of anilines is 1. The lowest BCUT2D eigenvalue weighted by Gasteiger charge is -2.43. The molecule has 3 heterocycles. The van der Waals surface area contributed by atoms with Gasteiger partial charge in [-0.1, -0.05) is 20.8 Å². The minimum atomic E-state index is -3.53. The van der Waals surface area contributed by atoms with Crippen LogP contribution < -0.4 is 4.90 Å². The smallest absolute Gasteiger partial charge is 0.260 e. The largest absolute Gasteiger partial charge is 0.352 e. The van der Waals surface area contributed by atoms with Crippen molar-refractivity contribution in [3.63, 3.8) is 0 Å². The third kappa shape index (κ3) is 3.01. The van der Waals surface area contributed by atoms with Gasteiger partial charge in [0.25, 0.3) is 10.0 Å². The van der Waals surface area contributed by atoms with Crippen molar-refractivity contribution in [1.82, 2.24) is 24.5 Å². The van der Waals surface area contributed by atoms with Crippen molar-refractivity contribution in [2.24, 2.45) is 0 Å². The van der Waals surface area contributed by atoms with Crippen LogP contribution in [0.4, 0.5) is 5.82 Å². The fourth-order valence-electron chi connectivity index (χ4n) is 2.50. The van der Waals surface area contributed by atoms with Gasteiger partial charge in [-0.25, -0.2) is 13.4 Å². The molecule has 9 heteroatoms. The summed E-state index contributed by atoms with van der Waals surface area (Å²) in [6.45, 7) is 7.45. The third-order valence-corrected chi connectivity index (χ3v) is 6.09. The maximum atomic E-state index is 12.4. The SMILES string of the molecule is CN(C1CN(c2ccc(C(C)(C)C)nn2)C1)S(=O)(=O)c1cnc[nH]1. The quantitative estimate of drug-likeness (QED) is 0.884. The minimum Gasteiger partial charge on any atom is -0.352 e. The van der Waals surface area contributed by atoms with Crippen molar-refractivity contribution in [3.05, 3.63) is 30.4 Å². The summed E-state index contributed by atoms with van der Waals surface area (Å²) < 4.78 is 26.3. The summed E-state index contributed by atoms with van der Waals surface area (Å²) in [6.07, 6.45) is 2.68. The van der Waals surface area contributed by atoms with E-state index in [1.54, 1.807) is 7.05 Å². The monoisotopic (exact) mass is 350 g/mol. The molecule has 2 aromatic rings. The van der Waals surface area contributed by atoms with Gasteiger partial charge >= 0.3 is 0 Å². The molecule has 0 saturated carbocycles. The van der Waals surface area contributed by atoms with E-state index >= 15 is 0 Å². The van der Waals surface area contributed by atoms with Gasteiger partial charge in [0.2, 0.25) is 0 Å². The highest BCUT2D eigenvalue weighted by Gasteiger charge is 2.37. The molecule has 8 nitrogen and oxygen atoms in total. The van der Waals surface area contributed by atoms with Crippen molar-refractivity contribution in [1.29, 1.82) is 0 Å². The number of hydrogen-bond acceptors (Lipinski definition) is 6. The number of nitrogens with one attached hydrogen (secondary N) is 1. The van der Waals surface area contributed by atoms with Gasteiger partial charge in [-0.15, -0.1) is 5.10 Å². The summed E-state index contributed by atoms with van der Waals surface area (Å²) in [5.41, 5.74) is 0.892. The second-order valence-corrected chi connectivity index (χ2v) is 8.99. The Kier molecular flexibility index (Phi) is 4.08. The van der Waals surface area contributed by atoms with Crippen LogP contribution >= 0.6 is 0 Å². The molecule has 0 bridgehead atoms. The number of nitrogens with zero attached hydrogens (tertiary/aromatic N) is 5. The second-order valence-electron chi connectivity index (χ2n) is 7.02. The van der Waals surface area contributed by atoms with Crippen LogP contribution in [0.15, 0.2) is 29.7 Å². The summed E-state index contributed by atoms with van der Waals surface area (Å²) in [6, 6.07) is 3.82. The Balaban J connectivity index is 1.65. The van der Waals surface area contributed by atoms with Crippen LogP contribution in [-0.4, -0.2) is 59.1 Å². The normalized spacial score (nSPS) is 16.5. The lowest BCUT2D eigenvalue weighted by molar-refractivity contribution is 0.308. The van der Waals surface area contributed by atoms with E-state index in [0.717, 1.165) is 11.5 Å². The Labute approximate surface area is 142 Å². The number of rotatable bonds is 4. The average molecular weight is 350 g/mol. The van der Waals surface area contributed by atoms with Crippen LogP contribution in [0.1, 0.15) is 26.5 Å². The van der Waals surface area contributed by atoms with Gasteiger partial charge in [0.05, 0.1) is 24.3 Å². The molecule has 0 aliphatic carbocycles.